The lowest BCUT2D eigenvalue weighted by Crippen LogP contribution is -2.50. The molecule has 1 fully saturated rings. The van der Waals surface area contributed by atoms with Crippen molar-refractivity contribution in [1.29, 1.82) is 0 Å². The first-order valence-electron chi connectivity index (χ1n) is 9.80. The fourth-order valence-electron chi connectivity index (χ4n) is 3.54. The van der Waals surface area contributed by atoms with Crippen LogP contribution in [-0.2, 0) is 6.18 Å². The molecule has 32 heavy (non-hydrogen) atoms. The van der Waals surface area contributed by atoms with Crippen LogP contribution in [0.3, 0.4) is 0 Å². The molecule has 0 radical (unpaired) electrons. The molecule has 1 aliphatic heterocycles. The molecule has 0 bridgehead atoms. The average Bonchev–Trinajstić information content (AvgIpc) is 3.24. The van der Waals surface area contributed by atoms with Gasteiger partial charge in [-0.3, -0.25) is 0 Å². The van der Waals surface area contributed by atoms with Crippen LogP contribution in [0.5, 0.6) is 11.5 Å². The molecule has 11 heteroatoms. The van der Waals surface area contributed by atoms with Gasteiger partial charge in [-0.2, -0.15) is 13.2 Å². The summed E-state index contributed by atoms with van der Waals surface area (Å²) >= 11 is 1.47. The van der Waals surface area contributed by atoms with E-state index in [0.717, 1.165) is 15.9 Å². The summed E-state index contributed by atoms with van der Waals surface area (Å²) in [7, 11) is 3.17. The molecule has 2 aromatic carbocycles. The van der Waals surface area contributed by atoms with Crippen LogP contribution in [0.1, 0.15) is 5.56 Å². The quantitative estimate of drug-likeness (QED) is 0.605. The number of nitrogens with zero attached hydrogens (tertiary/aromatic N) is 3. The number of fused-ring (bicyclic) bond motifs is 1. The van der Waals surface area contributed by atoms with Crippen LogP contribution in [0.15, 0.2) is 36.4 Å². The normalized spacial score (nSPS) is 14.5. The summed E-state index contributed by atoms with van der Waals surface area (Å²) in [5.41, 5.74) is -0.419. The van der Waals surface area contributed by atoms with Crippen LogP contribution in [0.4, 0.5) is 28.8 Å². The number of halogens is 3. The summed E-state index contributed by atoms with van der Waals surface area (Å²) < 4.78 is 51.2. The van der Waals surface area contributed by atoms with E-state index in [1.807, 2.05) is 11.0 Å². The van der Waals surface area contributed by atoms with Crippen LogP contribution in [-0.4, -0.2) is 56.3 Å². The Bertz CT molecular complexity index is 1090. The number of carbonyl (C=O) groups is 1. The molecular formula is C21H21F3N4O3S. The number of hydrogen-bond donors (Lipinski definition) is 1. The van der Waals surface area contributed by atoms with Gasteiger partial charge in [-0.25, -0.2) is 9.78 Å². The summed E-state index contributed by atoms with van der Waals surface area (Å²) in [4.78, 5) is 20.8. The Morgan fingerprint density at radius 3 is 2.34 bits per heavy atom. The Morgan fingerprint density at radius 1 is 1.03 bits per heavy atom. The number of nitrogens with one attached hydrogen (secondary N) is 1. The lowest BCUT2D eigenvalue weighted by molar-refractivity contribution is -0.136. The number of amides is 2. The monoisotopic (exact) mass is 466 g/mol. The average molecular weight is 466 g/mol. The summed E-state index contributed by atoms with van der Waals surface area (Å²) in [5, 5.41) is 3.16. The first kappa shape index (κ1) is 22.0. The number of thiazole rings is 1. The highest BCUT2D eigenvalue weighted by Crippen LogP contribution is 2.40. The zero-order valence-corrected chi connectivity index (χ0v) is 18.2. The highest BCUT2D eigenvalue weighted by molar-refractivity contribution is 7.22. The number of carbonyl (C=O) groups excluding carboxylic acids is 1. The molecule has 170 valence electrons. The van der Waals surface area contributed by atoms with Crippen molar-refractivity contribution >= 4 is 38.4 Å². The molecule has 4 rings (SSSR count). The molecule has 1 N–H and O–H groups in total. The number of urea groups is 1. The van der Waals surface area contributed by atoms with Crippen LogP contribution in [0.25, 0.3) is 10.2 Å². The molecule has 2 heterocycles. The van der Waals surface area contributed by atoms with Gasteiger partial charge < -0.3 is 24.6 Å². The molecule has 0 aliphatic carbocycles. The predicted molar refractivity (Wildman–Crippen MR) is 117 cm³/mol. The Hall–Kier alpha value is -3.21. The summed E-state index contributed by atoms with van der Waals surface area (Å²) in [5.74, 6) is 1.34. The van der Waals surface area contributed by atoms with Gasteiger partial charge in [0.15, 0.2) is 5.13 Å². The topological polar surface area (TPSA) is 66.9 Å². The van der Waals surface area contributed by atoms with E-state index < -0.39 is 17.8 Å². The fraction of sp³-hybridized carbons (Fsp3) is 0.333. The van der Waals surface area contributed by atoms with Gasteiger partial charge in [0.05, 0.1) is 25.5 Å². The third kappa shape index (κ3) is 4.24. The predicted octanol–water partition coefficient (Wildman–Crippen LogP) is 4.69. The first-order valence-corrected chi connectivity index (χ1v) is 10.6. The van der Waals surface area contributed by atoms with Gasteiger partial charge in [-0.1, -0.05) is 23.5 Å². The van der Waals surface area contributed by atoms with E-state index in [-0.39, 0.29) is 5.69 Å². The van der Waals surface area contributed by atoms with E-state index in [4.69, 9.17) is 9.47 Å². The van der Waals surface area contributed by atoms with Gasteiger partial charge in [0.1, 0.15) is 21.7 Å². The number of hydrogen-bond acceptors (Lipinski definition) is 6. The molecule has 1 aromatic heterocycles. The standard InChI is InChI=1S/C21H21F3N4O3S/c1-30-15-7-8-16(31-2)18-17(15)26-20(32-18)28-11-9-27(10-12-28)19(29)25-14-6-4-3-5-13(14)21(22,23)24/h3-8H,9-12H2,1-2H3,(H,25,29). The van der Waals surface area contributed by atoms with Crippen molar-refractivity contribution in [3.63, 3.8) is 0 Å². The minimum absolute atomic E-state index is 0.252. The largest absolute Gasteiger partial charge is 0.495 e. The number of benzene rings is 2. The van der Waals surface area contributed by atoms with E-state index in [1.54, 1.807) is 20.3 Å². The van der Waals surface area contributed by atoms with Crippen LogP contribution < -0.4 is 19.7 Å². The molecule has 7 nitrogen and oxygen atoms in total. The number of ether oxygens (including phenoxy) is 2. The Labute approximate surface area is 186 Å². The smallest absolute Gasteiger partial charge is 0.418 e. The third-order valence-electron chi connectivity index (χ3n) is 5.21. The van der Waals surface area contributed by atoms with E-state index in [1.165, 1.54) is 34.4 Å². The molecule has 0 atom stereocenters. The van der Waals surface area contributed by atoms with Crippen molar-refractivity contribution in [2.75, 3.05) is 50.6 Å². The van der Waals surface area contributed by atoms with Gasteiger partial charge in [-0.15, -0.1) is 0 Å². The minimum atomic E-state index is -4.54. The molecule has 0 spiro atoms. The first-order chi connectivity index (χ1) is 15.3. The Kier molecular flexibility index (Phi) is 6.00. The highest BCUT2D eigenvalue weighted by Gasteiger charge is 2.34. The molecule has 3 aromatic rings. The van der Waals surface area contributed by atoms with Gasteiger partial charge in [0, 0.05) is 26.2 Å². The lowest BCUT2D eigenvalue weighted by Gasteiger charge is -2.34. The maximum atomic E-state index is 13.2. The van der Waals surface area contributed by atoms with Crippen molar-refractivity contribution in [2.45, 2.75) is 6.18 Å². The van der Waals surface area contributed by atoms with E-state index in [2.05, 4.69) is 10.3 Å². The SMILES string of the molecule is COc1ccc(OC)c2sc(N3CCN(C(=O)Nc4ccccc4C(F)(F)F)CC3)nc12. The lowest BCUT2D eigenvalue weighted by atomic mass is 10.1. The zero-order valence-electron chi connectivity index (χ0n) is 17.4. The van der Waals surface area contributed by atoms with Gasteiger partial charge in [-0.05, 0) is 24.3 Å². The number of aromatic nitrogens is 1. The second-order valence-electron chi connectivity index (χ2n) is 7.09. The van der Waals surface area contributed by atoms with Gasteiger partial charge >= 0.3 is 12.2 Å². The Morgan fingerprint density at radius 2 is 1.69 bits per heavy atom. The number of rotatable bonds is 4. The molecule has 2 amide bonds. The maximum absolute atomic E-state index is 13.2. The highest BCUT2D eigenvalue weighted by atomic mass is 32.1. The second kappa shape index (κ2) is 8.73. The number of alkyl halides is 3. The van der Waals surface area contributed by atoms with E-state index >= 15 is 0 Å². The van der Waals surface area contributed by atoms with Crippen molar-refractivity contribution in [3.05, 3.63) is 42.0 Å². The molecule has 0 saturated carbocycles. The Balaban J connectivity index is 1.45. The fourth-order valence-corrected chi connectivity index (χ4v) is 4.67. The molecule has 1 aliphatic rings. The van der Waals surface area contributed by atoms with Crippen LogP contribution >= 0.6 is 11.3 Å². The third-order valence-corrected chi connectivity index (χ3v) is 6.34. The van der Waals surface area contributed by atoms with E-state index in [9.17, 15) is 18.0 Å². The van der Waals surface area contributed by atoms with Gasteiger partial charge in [0.25, 0.3) is 0 Å². The molecule has 0 unspecified atom stereocenters. The van der Waals surface area contributed by atoms with Crippen molar-refractivity contribution in [3.8, 4) is 11.5 Å². The van der Waals surface area contributed by atoms with E-state index in [0.29, 0.717) is 43.2 Å². The van der Waals surface area contributed by atoms with Crippen molar-refractivity contribution < 1.29 is 27.4 Å². The summed E-state index contributed by atoms with van der Waals surface area (Å²) in [6, 6.07) is 8.00. The number of methoxy groups -OCH3 is 2. The summed E-state index contributed by atoms with van der Waals surface area (Å²) in [6.07, 6.45) is -4.54. The summed E-state index contributed by atoms with van der Waals surface area (Å²) in [6.45, 7) is 1.70. The molecule has 1 saturated heterocycles. The number of piperazine rings is 1. The molecular weight excluding hydrogens is 445 g/mol. The van der Waals surface area contributed by atoms with Crippen LogP contribution in [0.2, 0.25) is 0 Å². The van der Waals surface area contributed by atoms with Gasteiger partial charge in [0.2, 0.25) is 0 Å². The van der Waals surface area contributed by atoms with Crippen molar-refractivity contribution in [2.24, 2.45) is 0 Å². The van der Waals surface area contributed by atoms with Crippen molar-refractivity contribution in [1.82, 2.24) is 9.88 Å². The zero-order chi connectivity index (χ0) is 22.9. The number of anilines is 2. The van der Waals surface area contributed by atoms with Crippen LogP contribution in [0, 0.1) is 0 Å². The second-order valence-corrected chi connectivity index (χ2v) is 8.07. The number of para-hydroxylation sites is 1. The minimum Gasteiger partial charge on any atom is -0.495 e. The maximum Gasteiger partial charge on any atom is 0.418 e.